The molecule has 2 aromatic rings. The first-order valence-electron chi connectivity index (χ1n) is 6.28. The van der Waals surface area contributed by atoms with Gasteiger partial charge in [0, 0.05) is 18.3 Å². The van der Waals surface area contributed by atoms with E-state index in [1.165, 1.54) is 12.1 Å². The molecule has 0 aliphatic rings. The molecular formula is C14H16F3N3. The second-order valence-electron chi connectivity index (χ2n) is 5.12. The lowest BCUT2D eigenvalue weighted by molar-refractivity contribution is -0.137. The quantitative estimate of drug-likeness (QED) is 0.931. The fraction of sp³-hybridized carbons (Fsp3) is 0.357. The zero-order valence-electron chi connectivity index (χ0n) is 11.3. The van der Waals surface area contributed by atoms with Crippen molar-refractivity contribution < 1.29 is 13.2 Å². The first kappa shape index (κ1) is 14.4. The van der Waals surface area contributed by atoms with Gasteiger partial charge in [0.05, 0.1) is 11.3 Å². The maximum atomic E-state index is 12.5. The van der Waals surface area contributed by atoms with E-state index in [1.807, 2.05) is 0 Å². The minimum absolute atomic E-state index is 0.412. The highest BCUT2D eigenvalue weighted by atomic mass is 19.4. The van der Waals surface area contributed by atoms with Gasteiger partial charge in [-0.15, -0.1) is 0 Å². The van der Waals surface area contributed by atoms with E-state index in [0.29, 0.717) is 29.4 Å². The Morgan fingerprint density at radius 1 is 1.20 bits per heavy atom. The molecule has 0 aliphatic carbocycles. The second-order valence-corrected chi connectivity index (χ2v) is 5.12. The SMILES string of the molecule is CC(C)Cn1cc(N)c(-c2ccc(C(F)(F)F)cc2)n1. The van der Waals surface area contributed by atoms with Gasteiger partial charge >= 0.3 is 6.18 Å². The van der Waals surface area contributed by atoms with Crippen LogP contribution in [0.5, 0.6) is 0 Å². The lowest BCUT2D eigenvalue weighted by Crippen LogP contribution is -2.05. The number of halogens is 3. The Hall–Kier alpha value is -1.98. The van der Waals surface area contributed by atoms with Crippen molar-refractivity contribution in [3.8, 4) is 11.3 Å². The van der Waals surface area contributed by atoms with Crippen LogP contribution in [0.3, 0.4) is 0 Å². The van der Waals surface area contributed by atoms with Gasteiger partial charge < -0.3 is 5.73 Å². The van der Waals surface area contributed by atoms with Crippen LogP contribution in [-0.2, 0) is 12.7 Å². The van der Waals surface area contributed by atoms with Crippen LogP contribution < -0.4 is 5.73 Å². The summed E-state index contributed by atoms with van der Waals surface area (Å²) in [5.41, 5.74) is 6.75. The number of hydrogen-bond donors (Lipinski definition) is 1. The molecule has 2 rings (SSSR count). The predicted octanol–water partition coefficient (Wildman–Crippen LogP) is 3.81. The molecule has 1 aromatic heterocycles. The summed E-state index contributed by atoms with van der Waals surface area (Å²) in [5.74, 6) is 0.412. The number of nitrogen functional groups attached to an aromatic ring is 1. The van der Waals surface area contributed by atoms with Crippen LogP contribution in [0.15, 0.2) is 30.5 Å². The molecule has 6 heteroatoms. The fourth-order valence-corrected chi connectivity index (χ4v) is 1.95. The Kier molecular flexibility index (Phi) is 3.74. The molecule has 0 aliphatic heterocycles. The van der Waals surface area contributed by atoms with Crippen LogP contribution in [0.4, 0.5) is 18.9 Å². The summed E-state index contributed by atoms with van der Waals surface area (Å²) in [6.07, 6.45) is -2.63. The highest BCUT2D eigenvalue weighted by molar-refractivity contribution is 5.72. The largest absolute Gasteiger partial charge is 0.416 e. The molecule has 0 spiro atoms. The molecule has 0 fully saturated rings. The molecule has 0 bridgehead atoms. The maximum absolute atomic E-state index is 12.5. The fourth-order valence-electron chi connectivity index (χ4n) is 1.95. The summed E-state index contributed by atoms with van der Waals surface area (Å²) in [6.45, 7) is 4.82. The van der Waals surface area contributed by atoms with Crippen LogP contribution >= 0.6 is 0 Å². The van der Waals surface area contributed by atoms with Gasteiger partial charge in [0.25, 0.3) is 0 Å². The standard InChI is InChI=1S/C14H16F3N3/c1-9(2)7-20-8-12(18)13(19-20)10-3-5-11(6-4-10)14(15,16)17/h3-6,8-9H,7,18H2,1-2H3. The van der Waals surface area contributed by atoms with E-state index in [0.717, 1.165) is 12.1 Å². The Morgan fingerprint density at radius 3 is 2.30 bits per heavy atom. The number of benzene rings is 1. The minimum Gasteiger partial charge on any atom is -0.396 e. The van der Waals surface area contributed by atoms with E-state index in [-0.39, 0.29) is 0 Å². The number of anilines is 1. The second kappa shape index (κ2) is 5.19. The molecule has 0 saturated carbocycles. The van der Waals surface area contributed by atoms with Gasteiger partial charge in [0.15, 0.2) is 0 Å². The van der Waals surface area contributed by atoms with Gasteiger partial charge in [-0.1, -0.05) is 26.0 Å². The van der Waals surface area contributed by atoms with Gasteiger partial charge in [0.1, 0.15) is 5.69 Å². The molecular weight excluding hydrogens is 267 g/mol. The summed E-state index contributed by atoms with van der Waals surface area (Å²) in [7, 11) is 0. The molecule has 0 amide bonds. The smallest absolute Gasteiger partial charge is 0.396 e. The predicted molar refractivity (Wildman–Crippen MR) is 71.9 cm³/mol. The van der Waals surface area contributed by atoms with Crippen molar-refractivity contribution in [3.05, 3.63) is 36.0 Å². The summed E-state index contributed by atoms with van der Waals surface area (Å²) in [4.78, 5) is 0. The molecule has 0 unspecified atom stereocenters. The first-order valence-corrected chi connectivity index (χ1v) is 6.28. The van der Waals surface area contributed by atoms with Crippen LogP contribution in [0.2, 0.25) is 0 Å². The average Bonchev–Trinajstić information content (AvgIpc) is 2.68. The number of nitrogens with zero attached hydrogens (tertiary/aromatic N) is 2. The van der Waals surface area contributed by atoms with E-state index in [1.54, 1.807) is 10.9 Å². The Morgan fingerprint density at radius 2 is 1.80 bits per heavy atom. The topological polar surface area (TPSA) is 43.8 Å². The third-order valence-corrected chi connectivity index (χ3v) is 2.83. The van der Waals surface area contributed by atoms with Crippen molar-refractivity contribution in [2.24, 2.45) is 5.92 Å². The van der Waals surface area contributed by atoms with E-state index >= 15 is 0 Å². The molecule has 1 aromatic carbocycles. The van der Waals surface area contributed by atoms with Crippen molar-refractivity contribution in [2.75, 3.05) is 5.73 Å². The highest BCUT2D eigenvalue weighted by Crippen LogP contribution is 2.31. The number of nitrogens with two attached hydrogens (primary N) is 1. The molecule has 1 heterocycles. The maximum Gasteiger partial charge on any atom is 0.416 e. The lowest BCUT2D eigenvalue weighted by Gasteiger charge is -2.07. The van der Waals surface area contributed by atoms with Crippen molar-refractivity contribution in [1.29, 1.82) is 0 Å². The van der Waals surface area contributed by atoms with Gasteiger partial charge in [-0.3, -0.25) is 4.68 Å². The average molecular weight is 283 g/mol. The molecule has 2 N–H and O–H groups in total. The molecule has 0 radical (unpaired) electrons. The molecule has 20 heavy (non-hydrogen) atoms. The van der Waals surface area contributed by atoms with Crippen molar-refractivity contribution >= 4 is 5.69 Å². The molecule has 108 valence electrons. The van der Waals surface area contributed by atoms with Crippen LogP contribution in [-0.4, -0.2) is 9.78 Å². The Bertz CT molecular complexity index is 583. The van der Waals surface area contributed by atoms with E-state index in [9.17, 15) is 13.2 Å². The number of rotatable bonds is 3. The third-order valence-electron chi connectivity index (χ3n) is 2.83. The first-order chi connectivity index (χ1) is 9.27. The number of aromatic nitrogens is 2. The van der Waals surface area contributed by atoms with Crippen LogP contribution in [0.25, 0.3) is 11.3 Å². The Labute approximate surface area is 115 Å². The third kappa shape index (κ3) is 3.12. The Balaban J connectivity index is 2.30. The zero-order valence-corrected chi connectivity index (χ0v) is 11.3. The zero-order chi connectivity index (χ0) is 14.9. The van der Waals surface area contributed by atoms with E-state index in [2.05, 4.69) is 18.9 Å². The van der Waals surface area contributed by atoms with Crippen molar-refractivity contribution in [2.45, 2.75) is 26.6 Å². The number of hydrogen-bond acceptors (Lipinski definition) is 2. The van der Waals surface area contributed by atoms with Gasteiger partial charge in [-0.25, -0.2) is 0 Å². The normalized spacial score (nSPS) is 12.1. The minimum atomic E-state index is -4.33. The summed E-state index contributed by atoms with van der Waals surface area (Å²) >= 11 is 0. The van der Waals surface area contributed by atoms with Crippen molar-refractivity contribution in [1.82, 2.24) is 9.78 Å². The van der Waals surface area contributed by atoms with Gasteiger partial charge in [-0.05, 0) is 18.1 Å². The van der Waals surface area contributed by atoms with Crippen molar-refractivity contribution in [3.63, 3.8) is 0 Å². The summed E-state index contributed by atoms with van der Waals surface area (Å²) in [5, 5.41) is 4.32. The van der Waals surface area contributed by atoms with E-state index in [4.69, 9.17) is 5.73 Å². The van der Waals surface area contributed by atoms with E-state index < -0.39 is 11.7 Å². The van der Waals surface area contributed by atoms with Gasteiger partial charge in [0.2, 0.25) is 0 Å². The monoisotopic (exact) mass is 283 g/mol. The van der Waals surface area contributed by atoms with Gasteiger partial charge in [-0.2, -0.15) is 18.3 Å². The summed E-state index contributed by atoms with van der Waals surface area (Å²) in [6, 6.07) is 4.86. The molecule has 0 atom stereocenters. The molecule has 3 nitrogen and oxygen atoms in total. The highest BCUT2D eigenvalue weighted by Gasteiger charge is 2.30. The number of alkyl halides is 3. The van der Waals surface area contributed by atoms with Crippen LogP contribution in [0, 0.1) is 5.92 Å². The molecule has 0 saturated heterocycles. The lowest BCUT2D eigenvalue weighted by atomic mass is 10.1. The summed E-state index contributed by atoms with van der Waals surface area (Å²) < 4.78 is 39.2. The van der Waals surface area contributed by atoms with Crippen LogP contribution in [0.1, 0.15) is 19.4 Å².